The summed E-state index contributed by atoms with van der Waals surface area (Å²) in [7, 11) is 0. The minimum absolute atomic E-state index is 0.162. The molecule has 2 rings (SSSR count). The van der Waals surface area contributed by atoms with E-state index in [-0.39, 0.29) is 12.4 Å². The second-order valence-electron chi connectivity index (χ2n) is 4.37. The minimum Gasteiger partial charge on any atom is -0.483 e. The minimum atomic E-state index is -0.574. The van der Waals surface area contributed by atoms with Gasteiger partial charge in [0.25, 0.3) is 5.91 Å². The van der Waals surface area contributed by atoms with Crippen LogP contribution in [0.25, 0.3) is 0 Å². The van der Waals surface area contributed by atoms with Gasteiger partial charge in [-0.25, -0.2) is 5.43 Å². The Morgan fingerprint density at radius 3 is 2.73 bits per heavy atom. The molecule has 0 saturated heterocycles. The van der Waals surface area contributed by atoms with Crippen LogP contribution in [0.2, 0.25) is 0 Å². The van der Waals surface area contributed by atoms with Crippen molar-refractivity contribution in [1.82, 2.24) is 5.43 Å². The Labute approximate surface area is 126 Å². The molecular weight excluding hydrogens is 286 g/mol. The number of carbonyl (C=O) groups is 2. The van der Waals surface area contributed by atoms with E-state index < -0.39 is 11.8 Å². The molecule has 3 N–H and O–H groups in total. The van der Waals surface area contributed by atoms with Crippen LogP contribution in [0.1, 0.15) is 23.0 Å². The number of ether oxygens (including phenoxy) is 1. The van der Waals surface area contributed by atoms with Crippen molar-refractivity contribution in [2.45, 2.75) is 6.92 Å². The van der Waals surface area contributed by atoms with Crippen LogP contribution in [0.3, 0.4) is 0 Å². The average Bonchev–Trinajstić information content (AvgIpc) is 3.05. The summed E-state index contributed by atoms with van der Waals surface area (Å²) in [6, 6.07) is 10.1. The summed E-state index contributed by atoms with van der Waals surface area (Å²) in [4.78, 5) is 22.5. The first-order valence-electron chi connectivity index (χ1n) is 6.46. The maximum Gasteiger partial charge on any atom is 0.307 e. The monoisotopic (exact) mass is 301 g/mol. The predicted molar refractivity (Wildman–Crippen MR) is 79.5 cm³/mol. The number of carbonyl (C=O) groups excluding carboxylic acids is 2. The van der Waals surface area contributed by atoms with Gasteiger partial charge in [0.15, 0.2) is 12.4 Å². The van der Waals surface area contributed by atoms with Gasteiger partial charge in [-0.05, 0) is 31.2 Å². The average molecular weight is 301 g/mol. The van der Waals surface area contributed by atoms with Crippen LogP contribution in [0.5, 0.6) is 5.75 Å². The number of nitrogens with two attached hydrogens (primary N) is 1. The van der Waals surface area contributed by atoms with Crippen LogP contribution in [-0.2, 0) is 4.79 Å². The highest BCUT2D eigenvalue weighted by Crippen LogP contribution is 2.18. The summed E-state index contributed by atoms with van der Waals surface area (Å²) in [6.45, 7) is 1.47. The van der Waals surface area contributed by atoms with Crippen molar-refractivity contribution in [3.05, 3.63) is 54.0 Å². The molecule has 0 aliphatic rings. The summed E-state index contributed by atoms with van der Waals surface area (Å²) in [5.74, 6) is -0.417. The standard InChI is InChI=1S/C15H15N3O4/c1-10(17-18-15(20)13-7-4-8-21-13)11-5-2-3-6-12(11)22-9-14(16)19/h2-8H,9H2,1H3,(H2,16,19)(H,18,20)/b17-10+. The number of nitrogens with one attached hydrogen (secondary N) is 1. The van der Waals surface area contributed by atoms with E-state index in [0.717, 1.165) is 0 Å². The lowest BCUT2D eigenvalue weighted by atomic mass is 10.1. The van der Waals surface area contributed by atoms with Gasteiger partial charge in [0.05, 0.1) is 12.0 Å². The van der Waals surface area contributed by atoms with E-state index in [1.165, 1.54) is 12.3 Å². The molecule has 1 aromatic carbocycles. The van der Waals surface area contributed by atoms with Crippen molar-refractivity contribution < 1.29 is 18.7 Å². The van der Waals surface area contributed by atoms with Gasteiger partial charge >= 0.3 is 5.91 Å². The van der Waals surface area contributed by atoms with Crippen molar-refractivity contribution in [1.29, 1.82) is 0 Å². The van der Waals surface area contributed by atoms with Crippen LogP contribution in [0.15, 0.2) is 52.2 Å². The van der Waals surface area contributed by atoms with Gasteiger partial charge in [-0.15, -0.1) is 0 Å². The first kappa shape index (κ1) is 15.3. The lowest BCUT2D eigenvalue weighted by Crippen LogP contribution is -2.21. The van der Waals surface area contributed by atoms with E-state index in [1.807, 2.05) is 0 Å². The summed E-state index contributed by atoms with van der Waals surface area (Å²) in [5.41, 5.74) is 8.60. The number of benzene rings is 1. The molecule has 2 amide bonds. The number of hydrazone groups is 1. The Morgan fingerprint density at radius 1 is 1.27 bits per heavy atom. The van der Waals surface area contributed by atoms with Crippen LogP contribution in [0.4, 0.5) is 0 Å². The highest BCUT2D eigenvalue weighted by molar-refractivity contribution is 6.02. The molecule has 0 fully saturated rings. The van der Waals surface area contributed by atoms with Gasteiger partial charge in [-0.3, -0.25) is 9.59 Å². The largest absolute Gasteiger partial charge is 0.483 e. The molecule has 2 aromatic rings. The zero-order chi connectivity index (χ0) is 15.9. The smallest absolute Gasteiger partial charge is 0.307 e. The first-order valence-corrected chi connectivity index (χ1v) is 6.46. The van der Waals surface area contributed by atoms with Crippen molar-refractivity contribution >= 4 is 17.5 Å². The van der Waals surface area contributed by atoms with E-state index in [4.69, 9.17) is 14.9 Å². The second kappa shape index (κ2) is 7.07. The summed E-state index contributed by atoms with van der Waals surface area (Å²) in [6.07, 6.45) is 1.40. The number of hydrogen-bond acceptors (Lipinski definition) is 5. The molecule has 1 aromatic heterocycles. The van der Waals surface area contributed by atoms with Gasteiger partial charge in [0.2, 0.25) is 0 Å². The number of primary amides is 1. The number of hydrogen-bond donors (Lipinski definition) is 2. The number of nitrogens with zero attached hydrogens (tertiary/aromatic N) is 1. The molecule has 0 radical (unpaired) electrons. The number of rotatable bonds is 6. The highest BCUT2D eigenvalue weighted by Gasteiger charge is 2.10. The molecule has 0 saturated carbocycles. The van der Waals surface area contributed by atoms with Crippen LogP contribution in [-0.4, -0.2) is 24.1 Å². The molecule has 0 unspecified atom stereocenters. The maximum atomic E-state index is 11.7. The van der Waals surface area contributed by atoms with Gasteiger partial charge in [0, 0.05) is 5.56 Å². The molecule has 7 nitrogen and oxygen atoms in total. The number of para-hydroxylation sites is 1. The van der Waals surface area contributed by atoms with Crippen LogP contribution >= 0.6 is 0 Å². The fourth-order valence-corrected chi connectivity index (χ4v) is 1.70. The molecule has 7 heteroatoms. The Morgan fingerprint density at radius 2 is 2.05 bits per heavy atom. The summed E-state index contributed by atoms with van der Waals surface area (Å²) >= 11 is 0. The zero-order valence-corrected chi connectivity index (χ0v) is 11.9. The third-order valence-electron chi connectivity index (χ3n) is 2.72. The summed E-state index contributed by atoms with van der Waals surface area (Å²) in [5, 5.41) is 4.00. The van der Waals surface area contributed by atoms with E-state index in [2.05, 4.69) is 10.5 Å². The summed E-state index contributed by atoms with van der Waals surface area (Å²) < 4.78 is 10.3. The maximum absolute atomic E-state index is 11.7. The third kappa shape index (κ3) is 3.95. The Bertz CT molecular complexity index is 693. The van der Waals surface area contributed by atoms with Crippen molar-refractivity contribution in [3.8, 4) is 5.75 Å². The SMILES string of the molecule is C/C(=N\NC(=O)c1ccco1)c1ccccc1OCC(N)=O. The molecule has 0 spiro atoms. The molecule has 22 heavy (non-hydrogen) atoms. The van der Waals surface area contributed by atoms with Crippen molar-refractivity contribution in [2.24, 2.45) is 10.8 Å². The van der Waals surface area contributed by atoms with Gasteiger partial charge in [-0.1, -0.05) is 12.1 Å². The van der Waals surface area contributed by atoms with E-state index in [1.54, 1.807) is 37.3 Å². The normalized spacial score (nSPS) is 11.0. The van der Waals surface area contributed by atoms with Gasteiger partial charge in [0.1, 0.15) is 5.75 Å². The quantitative estimate of drug-likeness (QED) is 0.619. The molecule has 0 atom stereocenters. The van der Waals surface area contributed by atoms with Crippen molar-refractivity contribution in [2.75, 3.05) is 6.61 Å². The van der Waals surface area contributed by atoms with E-state index in [0.29, 0.717) is 17.0 Å². The topological polar surface area (TPSA) is 107 Å². The molecule has 0 bridgehead atoms. The Hall–Kier alpha value is -3.09. The Kier molecular flexibility index (Phi) is 4.92. The predicted octanol–water partition coefficient (Wildman–Crippen LogP) is 1.30. The lowest BCUT2D eigenvalue weighted by Gasteiger charge is -2.09. The zero-order valence-electron chi connectivity index (χ0n) is 11.9. The fraction of sp³-hybridized carbons (Fsp3) is 0.133. The van der Waals surface area contributed by atoms with Crippen LogP contribution < -0.4 is 15.9 Å². The van der Waals surface area contributed by atoms with E-state index in [9.17, 15) is 9.59 Å². The first-order chi connectivity index (χ1) is 10.6. The number of amides is 2. The number of furan rings is 1. The molecular formula is C15H15N3O4. The molecule has 114 valence electrons. The Balaban J connectivity index is 2.11. The second-order valence-corrected chi connectivity index (χ2v) is 4.37. The lowest BCUT2D eigenvalue weighted by molar-refractivity contribution is -0.119. The molecule has 0 aliphatic heterocycles. The molecule has 1 heterocycles. The van der Waals surface area contributed by atoms with Crippen molar-refractivity contribution in [3.63, 3.8) is 0 Å². The third-order valence-corrected chi connectivity index (χ3v) is 2.72. The highest BCUT2D eigenvalue weighted by atomic mass is 16.5. The van der Waals surface area contributed by atoms with Gasteiger partial charge in [-0.2, -0.15) is 5.10 Å². The van der Waals surface area contributed by atoms with E-state index >= 15 is 0 Å². The fourth-order valence-electron chi connectivity index (χ4n) is 1.70. The van der Waals surface area contributed by atoms with Crippen LogP contribution in [0, 0.1) is 0 Å². The molecule has 0 aliphatic carbocycles. The van der Waals surface area contributed by atoms with Gasteiger partial charge < -0.3 is 14.9 Å².